The molecule has 102 valence electrons. The highest BCUT2D eigenvalue weighted by Gasteiger charge is 2.16. The van der Waals surface area contributed by atoms with Crippen molar-refractivity contribution in [2.75, 3.05) is 12.3 Å². The van der Waals surface area contributed by atoms with E-state index < -0.39 is 0 Å². The van der Waals surface area contributed by atoms with Crippen LogP contribution in [0.3, 0.4) is 0 Å². The van der Waals surface area contributed by atoms with Crippen molar-refractivity contribution in [3.8, 4) is 0 Å². The Morgan fingerprint density at radius 1 is 1.37 bits per heavy atom. The molecule has 0 saturated heterocycles. The first kappa shape index (κ1) is 13.9. The molecule has 0 aliphatic rings. The van der Waals surface area contributed by atoms with Gasteiger partial charge in [-0.05, 0) is 18.9 Å². The number of aryl methyl sites for hydroxylation is 1. The van der Waals surface area contributed by atoms with Gasteiger partial charge in [0.1, 0.15) is 4.88 Å². The lowest BCUT2D eigenvalue weighted by Gasteiger charge is -2.03. The van der Waals surface area contributed by atoms with E-state index in [1.807, 2.05) is 25.1 Å². The number of nitrogen functional groups attached to an aromatic ring is 1. The molecule has 0 spiro atoms. The minimum atomic E-state index is -0.0470. The van der Waals surface area contributed by atoms with Crippen molar-refractivity contribution in [3.63, 3.8) is 0 Å². The van der Waals surface area contributed by atoms with Crippen LogP contribution in [0.2, 0.25) is 0 Å². The number of carbonyl (C=O) groups is 1. The van der Waals surface area contributed by atoms with Crippen LogP contribution in [-0.4, -0.2) is 12.5 Å². The second-order valence-corrected chi connectivity index (χ2v) is 5.78. The molecular weight excluding hydrogens is 256 g/mol. The molecule has 0 atom stereocenters. The molecule has 1 aromatic carbocycles. The summed E-state index contributed by atoms with van der Waals surface area (Å²) in [5, 5.41) is 3.94. The van der Waals surface area contributed by atoms with E-state index in [1.165, 1.54) is 16.9 Å². The lowest BCUT2D eigenvalue weighted by Crippen LogP contribution is -2.24. The predicted octanol–water partition coefficient (Wildman–Crippen LogP) is 3.71. The van der Waals surface area contributed by atoms with E-state index >= 15 is 0 Å². The molecule has 0 unspecified atom stereocenters. The average Bonchev–Trinajstić information content (AvgIpc) is 2.74. The maximum Gasteiger partial charge on any atom is 0.263 e. The number of hydrogen-bond donors (Lipinski definition) is 2. The summed E-state index contributed by atoms with van der Waals surface area (Å²) in [6.45, 7) is 4.91. The Kier molecular flexibility index (Phi) is 4.43. The third-order valence-electron chi connectivity index (χ3n) is 3.22. The fourth-order valence-electron chi connectivity index (χ4n) is 2.11. The lowest BCUT2D eigenvalue weighted by molar-refractivity contribution is 0.0958. The van der Waals surface area contributed by atoms with Crippen LogP contribution < -0.4 is 11.1 Å². The summed E-state index contributed by atoms with van der Waals surface area (Å²) in [6.07, 6.45) is 3.31. The van der Waals surface area contributed by atoms with Gasteiger partial charge in [0.2, 0.25) is 0 Å². The van der Waals surface area contributed by atoms with Gasteiger partial charge in [-0.15, -0.1) is 11.3 Å². The van der Waals surface area contributed by atoms with Crippen LogP contribution in [0, 0.1) is 6.92 Å². The molecule has 2 aromatic rings. The summed E-state index contributed by atoms with van der Waals surface area (Å²) >= 11 is 1.49. The quantitative estimate of drug-likeness (QED) is 0.818. The first-order chi connectivity index (χ1) is 9.15. The third-order valence-corrected chi connectivity index (χ3v) is 4.58. The predicted molar refractivity (Wildman–Crippen MR) is 82.8 cm³/mol. The molecule has 2 rings (SSSR count). The minimum Gasteiger partial charge on any atom is -0.397 e. The number of unbranched alkanes of at least 4 members (excludes halogenated alkanes) is 2. The Labute approximate surface area is 117 Å². The van der Waals surface area contributed by atoms with Crippen LogP contribution in [0.15, 0.2) is 18.2 Å². The monoisotopic (exact) mass is 276 g/mol. The number of benzene rings is 1. The Morgan fingerprint density at radius 3 is 2.84 bits per heavy atom. The summed E-state index contributed by atoms with van der Waals surface area (Å²) in [6, 6.07) is 5.99. The van der Waals surface area contributed by atoms with E-state index in [-0.39, 0.29) is 5.91 Å². The number of rotatable bonds is 5. The van der Waals surface area contributed by atoms with Gasteiger partial charge in [-0.2, -0.15) is 0 Å². The molecule has 1 aromatic heterocycles. The topological polar surface area (TPSA) is 55.1 Å². The van der Waals surface area contributed by atoms with Crippen molar-refractivity contribution >= 4 is 33.0 Å². The molecule has 0 radical (unpaired) electrons. The Hall–Kier alpha value is -1.55. The van der Waals surface area contributed by atoms with Gasteiger partial charge in [0.05, 0.1) is 5.69 Å². The fraction of sp³-hybridized carbons (Fsp3) is 0.400. The SMILES string of the molecule is CCCCCNC(=O)c1sc2c(C)cccc2c1N. The van der Waals surface area contributed by atoms with Crippen molar-refractivity contribution in [2.24, 2.45) is 0 Å². The molecule has 3 nitrogen and oxygen atoms in total. The second kappa shape index (κ2) is 6.06. The summed E-state index contributed by atoms with van der Waals surface area (Å²) in [4.78, 5) is 12.8. The smallest absolute Gasteiger partial charge is 0.263 e. The molecule has 3 N–H and O–H groups in total. The number of thiophene rings is 1. The van der Waals surface area contributed by atoms with E-state index in [4.69, 9.17) is 5.73 Å². The summed E-state index contributed by atoms with van der Waals surface area (Å²) < 4.78 is 1.11. The van der Waals surface area contributed by atoms with Crippen molar-refractivity contribution in [3.05, 3.63) is 28.6 Å². The van der Waals surface area contributed by atoms with E-state index in [1.54, 1.807) is 0 Å². The van der Waals surface area contributed by atoms with Crippen molar-refractivity contribution < 1.29 is 4.79 Å². The molecule has 1 heterocycles. The highest BCUT2D eigenvalue weighted by atomic mass is 32.1. The van der Waals surface area contributed by atoms with Crippen molar-refractivity contribution in [1.82, 2.24) is 5.32 Å². The number of anilines is 1. The molecular formula is C15H20N2OS. The first-order valence-electron chi connectivity index (χ1n) is 6.71. The van der Waals surface area contributed by atoms with E-state index in [0.717, 1.165) is 35.9 Å². The van der Waals surface area contributed by atoms with Crippen molar-refractivity contribution in [1.29, 1.82) is 0 Å². The number of fused-ring (bicyclic) bond motifs is 1. The van der Waals surface area contributed by atoms with Crippen LogP contribution in [0.25, 0.3) is 10.1 Å². The average molecular weight is 276 g/mol. The van der Waals surface area contributed by atoms with Gasteiger partial charge in [0.25, 0.3) is 5.91 Å². The molecule has 19 heavy (non-hydrogen) atoms. The van der Waals surface area contributed by atoms with Gasteiger partial charge in [-0.1, -0.05) is 38.0 Å². The zero-order chi connectivity index (χ0) is 13.8. The Bertz CT molecular complexity index is 589. The molecule has 0 fully saturated rings. The first-order valence-corrected chi connectivity index (χ1v) is 7.52. The minimum absolute atomic E-state index is 0.0470. The second-order valence-electron chi connectivity index (χ2n) is 4.76. The summed E-state index contributed by atoms with van der Waals surface area (Å²) in [5.74, 6) is -0.0470. The zero-order valence-electron chi connectivity index (χ0n) is 11.5. The third kappa shape index (κ3) is 2.89. The van der Waals surface area contributed by atoms with Gasteiger partial charge in [-0.3, -0.25) is 4.79 Å². The van der Waals surface area contributed by atoms with E-state index in [2.05, 4.69) is 12.2 Å². The van der Waals surface area contributed by atoms with Gasteiger partial charge in [-0.25, -0.2) is 0 Å². The number of nitrogens with two attached hydrogens (primary N) is 1. The lowest BCUT2D eigenvalue weighted by atomic mass is 10.1. The fourth-order valence-corrected chi connectivity index (χ4v) is 3.21. The van der Waals surface area contributed by atoms with Crippen LogP contribution in [0.1, 0.15) is 41.4 Å². The number of hydrogen-bond acceptors (Lipinski definition) is 3. The van der Waals surface area contributed by atoms with Gasteiger partial charge < -0.3 is 11.1 Å². The number of nitrogens with one attached hydrogen (secondary N) is 1. The van der Waals surface area contributed by atoms with Crippen molar-refractivity contribution in [2.45, 2.75) is 33.1 Å². The van der Waals surface area contributed by atoms with Gasteiger partial charge in [0.15, 0.2) is 0 Å². The molecule has 1 amide bonds. The largest absolute Gasteiger partial charge is 0.397 e. The highest BCUT2D eigenvalue weighted by Crippen LogP contribution is 2.35. The maximum absolute atomic E-state index is 12.1. The summed E-state index contributed by atoms with van der Waals surface area (Å²) in [7, 11) is 0. The maximum atomic E-state index is 12.1. The van der Waals surface area contributed by atoms with Crippen LogP contribution >= 0.6 is 11.3 Å². The standard InChI is InChI=1S/C15H20N2OS/c1-3-4-5-9-17-15(18)14-12(16)11-8-6-7-10(2)13(11)19-14/h6-8H,3-5,9,16H2,1-2H3,(H,17,18). The number of amides is 1. The Balaban J connectivity index is 2.18. The Morgan fingerprint density at radius 2 is 2.16 bits per heavy atom. The van der Waals surface area contributed by atoms with Gasteiger partial charge >= 0.3 is 0 Å². The molecule has 0 aliphatic carbocycles. The highest BCUT2D eigenvalue weighted by molar-refractivity contribution is 7.21. The van der Waals surface area contributed by atoms with Crippen LogP contribution in [0.4, 0.5) is 5.69 Å². The molecule has 0 bridgehead atoms. The van der Waals surface area contributed by atoms with E-state index in [9.17, 15) is 4.79 Å². The van der Waals surface area contributed by atoms with Crippen LogP contribution in [0.5, 0.6) is 0 Å². The zero-order valence-corrected chi connectivity index (χ0v) is 12.3. The van der Waals surface area contributed by atoms with Gasteiger partial charge in [0, 0.05) is 16.6 Å². The number of carbonyl (C=O) groups excluding carboxylic acids is 1. The molecule has 0 saturated carbocycles. The summed E-state index contributed by atoms with van der Waals surface area (Å²) in [5.41, 5.74) is 7.86. The van der Waals surface area contributed by atoms with Crippen LogP contribution in [-0.2, 0) is 0 Å². The molecule has 0 aliphatic heterocycles. The molecule has 4 heteroatoms. The normalized spacial score (nSPS) is 10.8. The van der Waals surface area contributed by atoms with E-state index in [0.29, 0.717) is 10.6 Å².